The fraction of sp³-hybridized carbons (Fsp3) is 0.174. The minimum atomic E-state index is -1.57. The van der Waals surface area contributed by atoms with Gasteiger partial charge in [0.25, 0.3) is 5.91 Å². The number of rotatable bonds is 5. The molecule has 1 atom stereocenters. The van der Waals surface area contributed by atoms with E-state index in [4.69, 9.17) is 0 Å². The topological polar surface area (TPSA) is 139 Å². The summed E-state index contributed by atoms with van der Waals surface area (Å²) in [6.45, 7) is 0.490. The second kappa shape index (κ2) is 7.95. The molecule has 0 unspecified atom stereocenters. The van der Waals surface area contributed by atoms with E-state index in [1.54, 1.807) is 71.6 Å². The summed E-state index contributed by atoms with van der Waals surface area (Å²) in [6.07, 6.45) is 12.0. The number of amides is 1. The zero-order chi connectivity index (χ0) is 24.0. The normalized spacial score (nSPS) is 17.9. The number of likely N-dealkylation sites (N-methyl/N-ethyl adjacent to an activating group) is 1. The third kappa shape index (κ3) is 3.56. The third-order valence-corrected chi connectivity index (χ3v) is 6.01. The SMILES string of the molecule is CN1CC[C@@](O)(c2cncc(-c3ccn(-c4ccnc(Nc5cnn6cccnc56)n4)n3)c2)C1=O. The number of likely N-dealkylation sites (tertiary alicyclic amines) is 1. The van der Waals surface area contributed by atoms with Gasteiger partial charge in [0, 0.05) is 74.4 Å². The van der Waals surface area contributed by atoms with Gasteiger partial charge in [-0.15, -0.1) is 0 Å². The number of anilines is 2. The number of hydrogen-bond acceptors (Lipinski definition) is 9. The van der Waals surface area contributed by atoms with E-state index in [9.17, 15) is 9.90 Å². The minimum Gasteiger partial charge on any atom is -0.375 e. The summed E-state index contributed by atoms with van der Waals surface area (Å²) in [5.74, 6) is 0.591. The molecule has 6 heterocycles. The van der Waals surface area contributed by atoms with Crippen LogP contribution >= 0.6 is 0 Å². The molecule has 1 amide bonds. The Morgan fingerprint density at radius 3 is 2.89 bits per heavy atom. The second-order valence-corrected chi connectivity index (χ2v) is 8.25. The van der Waals surface area contributed by atoms with Crippen LogP contribution in [0.5, 0.6) is 0 Å². The summed E-state index contributed by atoms with van der Waals surface area (Å²) < 4.78 is 3.27. The molecule has 1 fully saturated rings. The molecule has 1 aliphatic heterocycles. The van der Waals surface area contributed by atoms with E-state index in [1.165, 1.54) is 11.1 Å². The third-order valence-electron chi connectivity index (χ3n) is 6.01. The van der Waals surface area contributed by atoms with Crippen molar-refractivity contribution < 1.29 is 9.90 Å². The van der Waals surface area contributed by atoms with Gasteiger partial charge >= 0.3 is 0 Å². The van der Waals surface area contributed by atoms with Gasteiger partial charge in [0.15, 0.2) is 17.1 Å². The molecule has 6 rings (SSSR count). The van der Waals surface area contributed by atoms with E-state index >= 15 is 0 Å². The molecule has 174 valence electrons. The molecule has 1 saturated heterocycles. The van der Waals surface area contributed by atoms with Crippen molar-refractivity contribution >= 4 is 23.2 Å². The van der Waals surface area contributed by atoms with Gasteiger partial charge in [-0.05, 0) is 18.2 Å². The number of aliphatic hydroxyl groups is 1. The van der Waals surface area contributed by atoms with E-state index < -0.39 is 5.60 Å². The van der Waals surface area contributed by atoms with Crippen LogP contribution in [0, 0.1) is 0 Å². The Labute approximate surface area is 198 Å². The quantitative estimate of drug-likeness (QED) is 0.393. The molecule has 12 nitrogen and oxygen atoms in total. The van der Waals surface area contributed by atoms with Gasteiger partial charge in [0.05, 0.1) is 11.9 Å². The van der Waals surface area contributed by atoms with Gasteiger partial charge in [0.1, 0.15) is 5.69 Å². The second-order valence-electron chi connectivity index (χ2n) is 8.25. The fourth-order valence-electron chi connectivity index (χ4n) is 4.11. The van der Waals surface area contributed by atoms with Gasteiger partial charge in [-0.25, -0.2) is 19.2 Å². The smallest absolute Gasteiger partial charge is 0.259 e. The molecule has 0 aliphatic carbocycles. The molecule has 35 heavy (non-hydrogen) atoms. The Kier molecular flexibility index (Phi) is 4.74. The van der Waals surface area contributed by atoms with Crippen LogP contribution in [0.15, 0.2) is 67.6 Å². The van der Waals surface area contributed by atoms with Gasteiger partial charge in [-0.2, -0.15) is 15.2 Å². The first kappa shape index (κ1) is 20.9. The first-order valence-electron chi connectivity index (χ1n) is 10.9. The molecular formula is C23H20N10O2. The van der Waals surface area contributed by atoms with Crippen LogP contribution in [0.4, 0.5) is 11.6 Å². The van der Waals surface area contributed by atoms with Gasteiger partial charge in [-0.3, -0.25) is 9.78 Å². The number of hydrogen-bond donors (Lipinski definition) is 2. The first-order valence-corrected chi connectivity index (χ1v) is 10.9. The maximum Gasteiger partial charge on any atom is 0.259 e. The Morgan fingerprint density at radius 2 is 2.03 bits per heavy atom. The van der Waals surface area contributed by atoms with E-state index in [0.717, 1.165) is 0 Å². The largest absolute Gasteiger partial charge is 0.375 e. The van der Waals surface area contributed by atoms with Crippen LogP contribution in [0.1, 0.15) is 12.0 Å². The van der Waals surface area contributed by atoms with Gasteiger partial charge in [0.2, 0.25) is 5.95 Å². The fourth-order valence-corrected chi connectivity index (χ4v) is 4.11. The van der Waals surface area contributed by atoms with E-state index in [0.29, 0.717) is 52.9 Å². The summed E-state index contributed by atoms with van der Waals surface area (Å²) in [5, 5.41) is 23.0. The molecular weight excluding hydrogens is 448 g/mol. The van der Waals surface area contributed by atoms with Crippen molar-refractivity contribution in [3.8, 4) is 17.1 Å². The van der Waals surface area contributed by atoms with Crippen molar-refractivity contribution in [2.24, 2.45) is 0 Å². The molecule has 0 aromatic carbocycles. The molecule has 1 aliphatic rings. The maximum atomic E-state index is 12.5. The predicted octanol–water partition coefficient (Wildman–Crippen LogP) is 1.56. The van der Waals surface area contributed by atoms with Crippen LogP contribution in [-0.4, -0.2) is 68.8 Å². The lowest BCUT2D eigenvalue weighted by Gasteiger charge is -2.21. The summed E-state index contributed by atoms with van der Waals surface area (Å²) in [5.41, 5.74) is 1.53. The minimum absolute atomic E-state index is 0.320. The standard InChI is InChI=1S/C23H20N10O2/c1-31-10-5-23(35,21(31)34)16-11-15(12-24-13-16)17-4-9-32(30-17)19-3-7-26-22(29-19)28-18-14-27-33-8-2-6-25-20(18)33/h2-4,6-9,11-14,35H,5,10H2,1H3,(H,26,28,29)/t23-/m1/s1. The highest BCUT2D eigenvalue weighted by atomic mass is 16.3. The molecule has 0 saturated carbocycles. The Hall–Kier alpha value is -4.71. The summed E-state index contributed by atoms with van der Waals surface area (Å²) in [6, 6.07) is 7.10. The van der Waals surface area contributed by atoms with E-state index in [2.05, 4.69) is 35.5 Å². The van der Waals surface area contributed by atoms with Crippen molar-refractivity contribution in [1.29, 1.82) is 0 Å². The molecule has 12 heteroatoms. The summed E-state index contributed by atoms with van der Waals surface area (Å²) >= 11 is 0. The highest BCUT2D eigenvalue weighted by Gasteiger charge is 2.45. The monoisotopic (exact) mass is 468 g/mol. The predicted molar refractivity (Wildman–Crippen MR) is 125 cm³/mol. The lowest BCUT2D eigenvalue weighted by molar-refractivity contribution is -0.143. The average molecular weight is 468 g/mol. The van der Waals surface area contributed by atoms with Gasteiger partial charge in [-0.1, -0.05) is 0 Å². The number of carbonyl (C=O) groups is 1. The molecule has 0 bridgehead atoms. The molecule has 2 N–H and O–H groups in total. The molecule has 0 spiro atoms. The van der Waals surface area contributed by atoms with Crippen LogP contribution in [0.2, 0.25) is 0 Å². The number of nitrogens with zero attached hydrogens (tertiary/aromatic N) is 9. The van der Waals surface area contributed by atoms with E-state index in [1.807, 2.05) is 6.07 Å². The number of pyridine rings is 1. The Bertz CT molecular complexity index is 1560. The number of fused-ring (bicyclic) bond motifs is 1. The van der Waals surface area contributed by atoms with Crippen molar-refractivity contribution in [1.82, 2.24) is 44.2 Å². The maximum absolute atomic E-state index is 12.5. The lowest BCUT2D eigenvalue weighted by atomic mass is 9.92. The molecule has 5 aromatic heterocycles. The lowest BCUT2D eigenvalue weighted by Crippen LogP contribution is -2.36. The summed E-state index contributed by atoms with van der Waals surface area (Å²) in [4.78, 5) is 31.4. The van der Waals surface area contributed by atoms with Crippen molar-refractivity contribution in [3.05, 3.63) is 73.2 Å². The zero-order valence-electron chi connectivity index (χ0n) is 18.6. The Balaban J connectivity index is 1.27. The van der Waals surface area contributed by atoms with Crippen LogP contribution < -0.4 is 5.32 Å². The van der Waals surface area contributed by atoms with Crippen molar-refractivity contribution in [2.75, 3.05) is 18.9 Å². The van der Waals surface area contributed by atoms with Crippen molar-refractivity contribution in [3.63, 3.8) is 0 Å². The van der Waals surface area contributed by atoms with E-state index in [-0.39, 0.29) is 5.91 Å². The Morgan fingerprint density at radius 1 is 1.11 bits per heavy atom. The first-order chi connectivity index (χ1) is 17.0. The van der Waals surface area contributed by atoms with Crippen molar-refractivity contribution in [2.45, 2.75) is 12.0 Å². The highest BCUT2D eigenvalue weighted by Crippen LogP contribution is 2.33. The number of nitrogens with one attached hydrogen (secondary N) is 1. The van der Waals surface area contributed by atoms with Crippen LogP contribution in [0.25, 0.3) is 22.7 Å². The van der Waals surface area contributed by atoms with Crippen LogP contribution in [-0.2, 0) is 10.4 Å². The summed E-state index contributed by atoms with van der Waals surface area (Å²) in [7, 11) is 1.68. The average Bonchev–Trinajstić information content (AvgIpc) is 3.61. The number of carbonyl (C=O) groups excluding carboxylic acids is 1. The highest BCUT2D eigenvalue weighted by molar-refractivity contribution is 5.88. The van der Waals surface area contributed by atoms with Gasteiger partial charge < -0.3 is 15.3 Å². The zero-order valence-corrected chi connectivity index (χ0v) is 18.6. The van der Waals surface area contributed by atoms with Crippen LogP contribution in [0.3, 0.4) is 0 Å². The molecule has 5 aromatic rings. The number of aromatic nitrogens is 8. The molecule has 0 radical (unpaired) electrons.